The number of hydrogen-bond donors (Lipinski definition) is 0. The van der Waals surface area contributed by atoms with E-state index in [0.717, 1.165) is 16.9 Å². The average Bonchev–Trinajstić information content (AvgIpc) is 2.80. The van der Waals surface area contributed by atoms with Crippen LogP contribution in [0.4, 0.5) is 17.2 Å². The lowest BCUT2D eigenvalue weighted by Crippen LogP contribution is -1.86. The van der Waals surface area contributed by atoms with Crippen molar-refractivity contribution in [2.75, 3.05) is 0 Å². The molecule has 7 nitrogen and oxygen atoms in total. The van der Waals surface area contributed by atoms with Crippen LogP contribution in [0.2, 0.25) is 0 Å². The molecule has 0 amide bonds. The van der Waals surface area contributed by atoms with Crippen molar-refractivity contribution >= 4 is 22.8 Å². The maximum absolute atomic E-state index is 10.8. The van der Waals surface area contributed by atoms with E-state index < -0.39 is 4.92 Å². The van der Waals surface area contributed by atoms with Crippen molar-refractivity contribution in [1.29, 1.82) is 0 Å². The number of nitro groups is 1. The zero-order chi connectivity index (χ0) is 15.7. The van der Waals surface area contributed by atoms with Crippen LogP contribution >= 0.6 is 0 Å². The third-order valence-corrected chi connectivity index (χ3v) is 3.22. The van der Waals surface area contributed by atoms with Crippen LogP contribution in [0.3, 0.4) is 0 Å². The highest BCUT2D eigenvalue weighted by Gasteiger charge is 2.09. The van der Waals surface area contributed by atoms with Gasteiger partial charge in [0, 0.05) is 18.3 Å². The number of non-ortho nitro benzene ring substituents is 1. The Kier molecular flexibility index (Phi) is 3.38. The smallest absolute Gasteiger partial charge is 0.271 e. The Labute approximate surface area is 126 Å². The topological polar surface area (TPSA) is 85.2 Å². The van der Waals surface area contributed by atoms with E-state index >= 15 is 0 Å². The van der Waals surface area contributed by atoms with Gasteiger partial charge in [0.2, 0.25) is 0 Å². The SMILES string of the molecule is Cc1ccn2c(N=Nc3cccc([N+](=O)[O-])c3)c(C)nc2c1. The van der Waals surface area contributed by atoms with Crippen LogP contribution in [0.25, 0.3) is 5.65 Å². The van der Waals surface area contributed by atoms with Crippen LogP contribution in [0.15, 0.2) is 52.8 Å². The predicted molar refractivity (Wildman–Crippen MR) is 81.9 cm³/mol. The summed E-state index contributed by atoms with van der Waals surface area (Å²) in [6.45, 7) is 3.85. The number of azo groups is 1. The number of aromatic nitrogens is 2. The van der Waals surface area contributed by atoms with Gasteiger partial charge >= 0.3 is 0 Å². The van der Waals surface area contributed by atoms with E-state index in [2.05, 4.69) is 15.2 Å². The van der Waals surface area contributed by atoms with E-state index in [9.17, 15) is 10.1 Å². The first-order valence-electron chi connectivity index (χ1n) is 6.66. The van der Waals surface area contributed by atoms with Crippen molar-refractivity contribution in [3.8, 4) is 0 Å². The molecule has 0 N–H and O–H groups in total. The molecule has 0 aliphatic carbocycles. The van der Waals surface area contributed by atoms with Gasteiger partial charge in [0.25, 0.3) is 5.69 Å². The zero-order valence-corrected chi connectivity index (χ0v) is 12.1. The molecule has 3 rings (SSSR count). The number of benzene rings is 1. The Morgan fingerprint density at radius 2 is 2.00 bits per heavy atom. The summed E-state index contributed by atoms with van der Waals surface area (Å²) < 4.78 is 1.84. The van der Waals surface area contributed by atoms with Gasteiger partial charge in [-0.2, -0.15) is 0 Å². The highest BCUT2D eigenvalue weighted by molar-refractivity contribution is 5.53. The number of aryl methyl sites for hydroxylation is 2. The lowest BCUT2D eigenvalue weighted by atomic mass is 10.3. The summed E-state index contributed by atoms with van der Waals surface area (Å²) >= 11 is 0. The molecule has 0 unspecified atom stereocenters. The Hall–Kier alpha value is -3.09. The molecule has 1 aromatic carbocycles. The third-order valence-electron chi connectivity index (χ3n) is 3.22. The predicted octanol–water partition coefficient (Wildman–Crippen LogP) is 4.27. The van der Waals surface area contributed by atoms with Crippen molar-refractivity contribution in [3.63, 3.8) is 0 Å². The molecule has 0 saturated carbocycles. The largest absolute Gasteiger partial charge is 0.283 e. The van der Waals surface area contributed by atoms with Crippen molar-refractivity contribution in [2.24, 2.45) is 10.2 Å². The molecule has 3 aromatic rings. The molecule has 0 aliphatic heterocycles. The fourth-order valence-corrected chi connectivity index (χ4v) is 2.15. The molecule has 0 atom stereocenters. The summed E-state index contributed by atoms with van der Waals surface area (Å²) in [4.78, 5) is 14.7. The minimum atomic E-state index is -0.457. The van der Waals surface area contributed by atoms with Gasteiger partial charge in [0.05, 0.1) is 16.3 Å². The lowest BCUT2D eigenvalue weighted by molar-refractivity contribution is -0.384. The number of imidazole rings is 1. The maximum atomic E-state index is 10.8. The lowest BCUT2D eigenvalue weighted by Gasteiger charge is -1.97. The minimum Gasteiger partial charge on any atom is -0.283 e. The summed E-state index contributed by atoms with van der Waals surface area (Å²) in [6.07, 6.45) is 1.88. The van der Waals surface area contributed by atoms with Crippen LogP contribution in [-0.4, -0.2) is 14.3 Å². The van der Waals surface area contributed by atoms with Gasteiger partial charge in [-0.05, 0) is 37.6 Å². The van der Waals surface area contributed by atoms with E-state index in [1.54, 1.807) is 12.1 Å². The van der Waals surface area contributed by atoms with Gasteiger partial charge < -0.3 is 0 Å². The van der Waals surface area contributed by atoms with Crippen LogP contribution in [0.5, 0.6) is 0 Å². The first-order chi connectivity index (χ1) is 10.5. The molecule has 0 bridgehead atoms. The molecule has 22 heavy (non-hydrogen) atoms. The monoisotopic (exact) mass is 295 g/mol. The van der Waals surface area contributed by atoms with Crippen LogP contribution in [-0.2, 0) is 0 Å². The highest BCUT2D eigenvalue weighted by Crippen LogP contribution is 2.25. The number of rotatable bonds is 3. The summed E-state index contributed by atoms with van der Waals surface area (Å²) in [5, 5.41) is 19.0. The Bertz CT molecular complexity index is 898. The minimum absolute atomic E-state index is 0.0121. The number of nitrogens with zero attached hydrogens (tertiary/aromatic N) is 5. The molecular weight excluding hydrogens is 282 g/mol. The molecule has 2 heterocycles. The molecule has 0 aliphatic rings. The van der Waals surface area contributed by atoms with Crippen molar-refractivity contribution in [1.82, 2.24) is 9.38 Å². The molecule has 0 saturated heterocycles. The Morgan fingerprint density at radius 1 is 1.18 bits per heavy atom. The Morgan fingerprint density at radius 3 is 2.77 bits per heavy atom. The summed E-state index contributed by atoms with van der Waals surface area (Å²) in [6, 6.07) is 9.96. The van der Waals surface area contributed by atoms with Gasteiger partial charge in [-0.1, -0.05) is 6.07 Å². The van der Waals surface area contributed by atoms with Gasteiger partial charge in [0.15, 0.2) is 5.82 Å². The van der Waals surface area contributed by atoms with E-state index in [4.69, 9.17) is 0 Å². The number of fused-ring (bicyclic) bond motifs is 1. The summed E-state index contributed by atoms with van der Waals surface area (Å²) in [7, 11) is 0. The molecule has 0 spiro atoms. The van der Waals surface area contributed by atoms with Crippen molar-refractivity contribution in [2.45, 2.75) is 13.8 Å². The van der Waals surface area contributed by atoms with E-state index in [1.807, 2.05) is 36.6 Å². The van der Waals surface area contributed by atoms with E-state index in [0.29, 0.717) is 11.5 Å². The third kappa shape index (κ3) is 2.56. The van der Waals surface area contributed by atoms with E-state index in [-0.39, 0.29) is 5.69 Å². The second-order valence-corrected chi connectivity index (χ2v) is 4.93. The van der Waals surface area contributed by atoms with E-state index in [1.165, 1.54) is 12.1 Å². The second kappa shape index (κ2) is 5.36. The fraction of sp³-hybridized carbons (Fsp3) is 0.133. The van der Waals surface area contributed by atoms with Gasteiger partial charge in [-0.25, -0.2) is 4.98 Å². The molecule has 0 fully saturated rings. The van der Waals surface area contributed by atoms with Gasteiger partial charge in [-0.3, -0.25) is 14.5 Å². The summed E-state index contributed by atoms with van der Waals surface area (Å²) in [5.74, 6) is 0.613. The standard InChI is InChI=1S/C15H13N5O2/c1-10-6-7-19-14(8-10)16-11(2)15(19)18-17-12-4-3-5-13(9-12)20(21)22/h3-9H,1-2H3. The van der Waals surface area contributed by atoms with Gasteiger partial charge in [-0.15, -0.1) is 10.2 Å². The number of hydrogen-bond acceptors (Lipinski definition) is 5. The first-order valence-corrected chi connectivity index (χ1v) is 6.66. The van der Waals surface area contributed by atoms with Gasteiger partial charge in [0.1, 0.15) is 5.65 Å². The molecular formula is C15H13N5O2. The maximum Gasteiger partial charge on any atom is 0.271 e. The van der Waals surface area contributed by atoms with Crippen molar-refractivity contribution < 1.29 is 4.92 Å². The molecule has 7 heteroatoms. The quantitative estimate of drug-likeness (QED) is 0.410. The zero-order valence-electron chi connectivity index (χ0n) is 12.1. The first kappa shape index (κ1) is 13.9. The number of pyridine rings is 1. The Balaban J connectivity index is 2.01. The summed E-state index contributed by atoms with van der Waals surface area (Å²) in [5.41, 5.74) is 3.07. The van der Waals surface area contributed by atoms with Crippen molar-refractivity contribution in [3.05, 3.63) is 64.0 Å². The average molecular weight is 295 g/mol. The normalized spacial score (nSPS) is 11.4. The highest BCUT2D eigenvalue weighted by atomic mass is 16.6. The molecule has 2 aromatic heterocycles. The molecule has 0 radical (unpaired) electrons. The van der Waals surface area contributed by atoms with Crippen LogP contribution < -0.4 is 0 Å². The number of nitro benzene ring substituents is 1. The second-order valence-electron chi connectivity index (χ2n) is 4.93. The van der Waals surface area contributed by atoms with Crippen LogP contribution in [0.1, 0.15) is 11.3 Å². The van der Waals surface area contributed by atoms with Crippen LogP contribution in [0, 0.1) is 24.0 Å². The molecule has 110 valence electrons. The fourth-order valence-electron chi connectivity index (χ4n) is 2.15.